The second kappa shape index (κ2) is 6.03. The molecule has 0 saturated heterocycles. The zero-order valence-corrected chi connectivity index (χ0v) is 10.4. The van der Waals surface area contributed by atoms with Gasteiger partial charge in [0.2, 0.25) is 0 Å². The van der Waals surface area contributed by atoms with Crippen LogP contribution in [0.15, 0.2) is 18.2 Å². The van der Waals surface area contributed by atoms with Crippen LogP contribution in [0.3, 0.4) is 0 Å². The molecule has 1 atom stereocenters. The minimum atomic E-state index is -0.219. The Morgan fingerprint density at radius 3 is 3.18 bits per heavy atom. The molecule has 0 bridgehead atoms. The average molecular weight is 235 g/mol. The summed E-state index contributed by atoms with van der Waals surface area (Å²) in [6.45, 7) is 4.41. The van der Waals surface area contributed by atoms with Gasteiger partial charge in [-0.1, -0.05) is 19.1 Å². The lowest BCUT2D eigenvalue weighted by atomic mass is 10.1. The molecule has 1 aromatic rings. The van der Waals surface area contributed by atoms with Crippen molar-refractivity contribution in [2.45, 2.75) is 32.3 Å². The third-order valence-electron chi connectivity index (χ3n) is 3.20. The normalized spacial score (nSPS) is 15.4. The molecule has 1 heterocycles. The minimum Gasteiger partial charge on any atom is -0.493 e. The van der Waals surface area contributed by atoms with Crippen LogP contribution in [0.1, 0.15) is 24.5 Å². The topological polar surface area (TPSA) is 41.5 Å². The van der Waals surface area contributed by atoms with E-state index in [2.05, 4.69) is 23.5 Å². The molecule has 0 amide bonds. The van der Waals surface area contributed by atoms with Crippen molar-refractivity contribution in [3.8, 4) is 5.75 Å². The van der Waals surface area contributed by atoms with E-state index in [0.717, 1.165) is 38.2 Å². The summed E-state index contributed by atoms with van der Waals surface area (Å²) in [6, 6.07) is 6.43. The van der Waals surface area contributed by atoms with Crippen LogP contribution in [0.5, 0.6) is 5.75 Å². The first kappa shape index (κ1) is 12.4. The van der Waals surface area contributed by atoms with Crippen LogP contribution >= 0.6 is 0 Å². The summed E-state index contributed by atoms with van der Waals surface area (Å²) in [5.74, 6) is 1.04. The summed E-state index contributed by atoms with van der Waals surface area (Å²) in [7, 11) is 0. The number of aliphatic hydroxyl groups excluding tert-OH is 1. The van der Waals surface area contributed by atoms with Gasteiger partial charge in [-0.15, -0.1) is 0 Å². The molecule has 2 rings (SSSR count). The number of hydrogen-bond acceptors (Lipinski definition) is 3. The van der Waals surface area contributed by atoms with Gasteiger partial charge < -0.3 is 15.2 Å². The van der Waals surface area contributed by atoms with Gasteiger partial charge in [0.1, 0.15) is 5.75 Å². The maximum absolute atomic E-state index is 9.40. The van der Waals surface area contributed by atoms with E-state index in [4.69, 9.17) is 4.74 Å². The molecule has 3 heteroatoms. The molecule has 0 fully saturated rings. The van der Waals surface area contributed by atoms with E-state index < -0.39 is 0 Å². The van der Waals surface area contributed by atoms with E-state index in [0.29, 0.717) is 6.54 Å². The van der Waals surface area contributed by atoms with Crippen molar-refractivity contribution >= 4 is 0 Å². The van der Waals surface area contributed by atoms with Crippen molar-refractivity contribution in [2.75, 3.05) is 19.7 Å². The number of rotatable bonds is 6. The van der Waals surface area contributed by atoms with Gasteiger partial charge in [-0.2, -0.15) is 0 Å². The van der Waals surface area contributed by atoms with Crippen LogP contribution in [0.4, 0.5) is 0 Å². The fourth-order valence-electron chi connectivity index (χ4n) is 2.04. The Hall–Kier alpha value is -1.06. The molecule has 0 spiro atoms. The van der Waals surface area contributed by atoms with Crippen LogP contribution in [0, 0.1) is 0 Å². The molecule has 0 radical (unpaired) electrons. The number of hydrogen-bond donors (Lipinski definition) is 2. The molecular formula is C14H21NO2. The molecule has 0 aliphatic carbocycles. The molecule has 1 aromatic carbocycles. The third kappa shape index (κ3) is 3.45. The van der Waals surface area contributed by atoms with Crippen molar-refractivity contribution in [1.29, 1.82) is 0 Å². The Morgan fingerprint density at radius 1 is 1.47 bits per heavy atom. The van der Waals surface area contributed by atoms with Gasteiger partial charge in [-0.25, -0.2) is 0 Å². The SMILES string of the molecule is CCC(O)CNCCc1ccc2c(c1)CCO2. The van der Waals surface area contributed by atoms with E-state index in [1.54, 1.807) is 0 Å². The molecule has 3 nitrogen and oxygen atoms in total. The predicted molar refractivity (Wildman–Crippen MR) is 68.5 cm³/mol. The molecule has 0 saturated carbocycles. The van der Waals surface area contributed by atoms with Crippen LogP contribution in [0.25, 0.3) is 0 Å². The quantitative estimate of drug-likeness (QED) is 0.735. The largest absolute Gasteiger partial charge is 0.493 e. The summed E-state index contributed by atoms with van der Waals surface area (Å²) in [5, 5.41) is 12.7. The number of nitrogens with one attached hydrogen (secondary N) is 1. The van der Waals surface area contributed by atoms with Crippen LogP contribution in [-0.4, -0.2) is 30.9 Å². The van der Waals surface area contributed by atoms with Gasteiger partial charge in [0.05, 0.1) is 12.7 Å². The molecule has 1 aliphatic heterocycles. The molecule has 1 unspecified atom stereocenters. The number of benzene rings is 1. The standard InChI is InChI=1S/C14H21NO2/c1-2-13(16)10-15-7-5-11-3-4-14-12(9-11)6-8-17-14/h3-4,9,13,15-16H,2,5-8,10H2,1H3. The highest BCUT2D eigenvalue weighted by Gasteiger charge is 2.11. The smallest absolute Gasteiger partial charge is 0.122 e. The lowest BCUT2D eigenvalue weighted by molar-refractivity contribution is 0.168. The van der Waals surface area contributed by atoms with Gasteiger partial charge in [-0.3, -0.25) is 0 Å². The Morgan fingerprint density at radius 2 is 2.35 bits per heavy atom. The molecule has 0 aromatic heterocycles. The predicted octanol–water partition coefficient (Wildman–Crippen LogP) is 1.52. The van der Waals surface area contributed by atoms with Crippen molar-refractivity contribution in [3.05, 3.63) is 29.3 Å². The van der Waals surface area contributed by atoms with E-state index in [1.165, 1.54) is 11.1 Å². The average Bonchev–Trinajstić information content (AvgIpc) is 2.81. The van der Waals surface area contributed by atoms with Crippen LogP contribution in [0.2, 0.25) is 0 Å². The van der Waals surface area contributed by atoms with E-state index in [9.17, 15) is 5.11 Å². The summed E-state index contributed by atoms with van der Waals surface area (Å²) >= 11 is 0. The first-order chi connectivity index (χ1) is 8.29. The van der Waals surface area contributed by atoms with Gasteiger partial charge >= 0.3 is 0 Å². The fourth-order valence-corrected chi connectivity index (χ4v) is 2.04. The summed E-state index contributed by atoms with van der Waals surface area (Å²) in [5.41, 5.74) is 2.67. The van der Waals surface area contributed by atoms with Crippen molar-refractivity contribution in [2.24, 2.45) is 0 Å². The van der Waals surface area contributed by atoms with E-state index in [-0.39, 0.29) is 6.10 Å². The summed E-state index contributed by atoms with van der Waals surface area (Å²) in [4.78, 5) is 0. The van der Waals surface area contributed by atoms with Crippen LogP contribution < -0.4 is 10.1 Å². The molecular weight excluding hydrogens is 214 g/mol. The fraction of sp³-hybridized carbons (Fsp3) is 0.571. The Labute approximate surface area is 103 Å². The molecule has 17 heavy (non-hydrogen) atoms. The molecule has 2 N–H and O–H groups in total. The first-order valence-electron chi connectivity index (χ1n) is 6.43. The highest BCUT2D eigenvalue weighted by atomic mass is 16.5. The zero-order valence-electron chi connectivity index (χ0n) is 10.4. The van der Waals surface area contributed by atoms with Crippen molar-refractivity contribution in [1.82, 2.24) is 5.32 Å². The Bertz CT molecular complexity index is 365. The Kier molecular flexibility index (Phi) is 4.40. The van der Waals surface area contributed by atoms with Crippen LogP contribution in [-0.2, 0) is 12.8 Å². The van der Waals surface area contributed by atoms with Gasteiger partial charge in [0.25, 0.3) is 0 Å². The maximum atomic E-state index is 9.40. The van der Waals surface area contributed by atoms with Crippen molar-refractivity contribution in [3.63, 3.8) is 0 Å². The third-order valence-corrected chi connectivity index (χ3v) is 3.20. The highest BCUT2D eigenvalue weighted by molar-refractivity contribution is 5.39. The Balaban J connectivity index is 1.76. The minimum absolute atomic E-state index is 0.219. The van der Waals surface area contributed by atoms with E-state index in [1.807, 2.05) is 6.92 Å². The maximum Gasteiger partial charge on any atom is 0.122 e. The molecule has 1 aliphatic rings. The van der Waals surface area contributed by atoms with E-state index >= 15 is 0 Å². The molecule has 94 valence electrons. The van der Waals surface area contributed by atoms with Gasteiger partial charge in [0, 0.05) is 13.0 Å². The second-order valence-electron chi connectivity index (χ2n) is 4.56. The summed E-state index contributed by atoms with van der Waals surface area (Å²) in [6.07, 6.45) is 2.63. The second-order valence-corrected chi connectivity index (χ2v) is 4.56. The summed E-state index contributed by atoms with van der Waals surface area (Å²) < 4.78 is 5.48. The lowest BCUT2D eigenvalue weighted by Crippen LogP contribution is -2.27. The van der Waals surface area contributed by atoms with Gasteiger partial charge in [-0.05, 0) is 36.6 Å². The number of fused-ring (bicyclic) bond motifs is 1. The zero-order chi connectivity index (χ0) is 12.1. The van der Waals surface area contributed by atoms with Gasteiger partial charge in [0.15, 0.2) is 0 Å². The number of ether oxygens (including phenoxy) is 1. The van der Waals surface area contributed by atoms with Crippen molar-refractivity contribution < 1.29 is 9.84 Å². The lowest BCUT2D eigenvalue weighted by Gasteiger charge is -2.09. The first-order valence-corrected chi connectivity index (χ1v) is 6.43. The highest BCUT2D eigenvalue weighted by Crippen LogP contribution is 2.25. The monoisotopic (exact) mass is 235 g/mol. The number of aliphatic hydroxyl groups is 1.